The van der Waals surface area contributed by atoms with Crippen molar-refractivity contribution < 1.29 is 4.79 Å². The van der Waals surface area contributed by atoms with Crippen LogP contribution in [0, 0.1) is 11.8 Å². The van der Waals surface area contributed by atoms with Gasteiger partial charge < -0.3 is 16.5 Å². The predicted octanol–water partition coefficient (Wildman–Crippen LogP) is 2.71. The molecule has 4 N–H and O–H groups in total. The van der Waals surface area contributed by atoms with E-state index in [9.17, 15) is 4.79 Å². The number of aromatic nitrogens is 2. The normalized spacial score (nSPS) is 27.2. The number of urea groups is 1. The lowest BCUT2D eigenvalue weighted by molar-refractivity contribution is 0.246. The van der Waals surface area contributed by atoms with Gasteiger partial charge in [0.25, 0.3) is 0 Å². The highest BCUT2D eigenvalue weighted by atomic mass is 16.2. The molecule has 2 amide bonds. The van der Waals surface area contributed by atoms with E-state index >= 15 is 0 Å². The monoisotopic (exact) mass is 390 g/mol. The van der Waals surface area contributed by atoms with Crippen LogP contribution in [-0.4, -0.2) is 33.8 Å². The molecule has 2 fully saturated rings. The van der Waals surface area contributed by atoms with Crippen LogP contribution in [0.3, 0.4) is 0 Å². The molecule has 3 heterocycles. The number of amides is 2. The maximum atomic E-state index is 11.9. The van der Waals surface area contributed by atoms with Crippen molar-refractivity contribution in [2.45, 2.75) is 37.8 Å². The van der Waals surface area contributed by atoms with Gasteiger partial charge in [-0.3, -0.25) is 9.97 Å². The summed E-state index contributed by atoms with van der Waals surface area (Å²) in [4.78, 5) is 20.9. The van der Waals surface area contributed by atoms with Crippen LogP contribution in [0.5, 0.6) is 0 Å². The second-order valence-electron chi connectivity index (χ2n) is 7.67. The van der Waals surface area contributed by atoms with Crippen molar-refractivity contribution in [2.75, 3.05) is 0 Å². The molecule has 150 valence electrons. The van der Waals surface area contributed by atoms with Crippen LogP contribution in [0.15, 0.2) is 60.5 Å². The third-order valence-electron chi connectivity index (χ3n) is 6.04. The Bertz CT molecular complexity index is 898. The van der Waals surface area contributed by atoms with Crippen LogP contribution in [0.2, 0.25) is 0 Å². The maximum absolute atomic E-state index is 11.9. The number of fused-ring (bicyclic) bond motifs is 1. The molecule has 1 saturated carbocycles. The smallest absolute Gasteiger partial charge is 0.315 e. The molecular formula is C22H26N6O. The summed E-state index contributed by atoms with van der Waals surface area (Å²) in [6.07, 6.45) is 6.92. The number of hydrogen-bond donors (Lipinski definition) is 3. The van der Waals surface area contributed by atoms with Gasteiger partial charge in [-0.2, -0.15) is 5.10 Å². The number of carbonyl (C=O) groups excluding carboxylic acids is 1. The fourth-order valence-electron chi connectivity index (χ4n) is 4.60. The molecule has 4 rings (SSSR count). The quantitative estimate of drug-likeness (QED) is 0.424. The average molecular weight is 390 g/mol. The minimum absolute atomic E-state index is 0.0443. The van der Waals surface area contributed by atoms with Gasteiger partial charge in [-0.15, -0.1) is 0 Å². The zero-order valence-corrected chi connectivity index (χ0v) is 16.3. The zero-order chi connectivity index (χ0) is 20.2. The number of pyridine rings is 2. The van der Waals surface area contributed by atoms with Crippen LogP contribution in [0.25, 0.3) is 5.57 Å². The molecule has 1 saturated heterocycles. The summed E-state index contributed by atoms with van der Waals surface area (Å²) in [6, 6.07) is 11.8. The van der Waals surface area contributed by atoms with Gasteiger partial charge in [-0.05, 0) is 61.4 Å². The molecular weight excluding hydrogens is 364 g/mol. The van der Waals surface area contributed by atoms with Crippen molar-refractivity contribution >= 4 is 17.3 Å². The Kier molecular flexibility index (Phi) is 5.55. The Morgan fingerprint density at radius 2 is 1.52 bits per heavy atom. The molecule has 0 bridgehead atoms. The summed E-state index contributed by atoms with van der Waals surface area (Å²) in [6.45, 7) is 4.40. The van der Waals surface area contributed by atoms with E-state index in [1.54, 1.807) is 12.4 Å². The van der Waals surface area contributed by atoms with Crippen LogP contribution in [0.4, 0.5) is 4.79 Å². The molecule has 2 aromatic heterocycles. The summed E-state index contributed by atoms with van der Waals surface area (Å²) in [5.41, 5.74) is 3.42. The summed E-state index contributed by atoms with van der Waals surface area (Å²) < 4.78 is 0. The van der Waals surface area contributed by atoms with Gasteiger partial charge in [0.15, 0.2) is 0 Å². The van der Waals surface area contributed by atoms with E-state index in [1.165, 1.54) is 0 Å². The molecule has 4 atom stereocenters. The number of carbonyl (C=O) groups is 1. The Morgan fingerprint density at radius 3 is 2.07 bits per heavy atom. The highest BCUT2D eigenvalue weighted by molar-refractivity contribution is 6.01. The number of nitrogens with two attached hydrogens (primary N) is 1. The fourth-order valence-corrected chi connectivity index (χ4v) is 4.60. The first-order chi connectivity index (χ1) is 14.2. The van der Waals surface area contributed by atoms with Crippen molar-refractivity contribution in [3.8, 4) is 0 Å². The minimum Gasteiger partial charge on any atom is -0.333 e. The van der Waals surface area contributed by atoms with Gasteiger partial charge in [-0.25, -0.2) is 4.79 Å². The number of hydrogen-bond acceptors (Lipinski definition) is 5. The molecule has 1 aliphatic carbocycles. The fraction of sp³-hybridized carbons (Fsp3) is 0.364. The minimum atomic E-state index is -0.0870. The molecule has 2 aromatic rings. The largest absolute Gasteiger partial charge is 0.333 e. The number of nitrogens with zero attached hydrogens (tertiary/aromatic N) is 3. The topological polar surface area (TPSA) is 105 Å². The average Bonchev–Trinajstić information content (AvgIpc) is 3.10. The van der Waals surface area contributed by atoms with E-state index in [1.807, 2.05) is 36.4 Å². The van der Waals surface area contributed by atoms with Crippen molar-refractivity contribution in [3.63, 3.8) is 0 Å². The Balaban J connectivity index is 1.69. The van der Waals surface area contributed by atoms with Gasteiger partial charge in [0.1, 0.15) is 0 Å². The Labute approximate surface area is 170 Å². The van der Waals surface area contributed by atoms with Crippen molar-refractivity contribution in [3.05, 3.63) is 66.8 Å². The van der Waals surface area contributed by atoms with E-state index in [-0.39, 0.29) is 30.0 Å². The SMILES string of the molecule is C=C(c1ccccn1)C1CCC2NC(=O)NC2CCC1/C(=N\N)c1ccccn1. The molecule has 2 aliphatic rings. The lowest BCUT2D eigenvalue weighted by Crippen LogP contribution is -2.39. The third kappa shape index (κ3) is 3.99. The van der Waals surface area contributed by atoms with Gasteiger partial charge in [0, 0.05) is 18.3 Å². The Morgan fingerprint density at radius 1 is 0.931 bits per heavy atom. The van der Waals surface area contributed by atoms with E-state index in [2.05, 4.69) is 32.3 Å². The first-order valence-electron chi connectivity index (χ1n) is 10.0. The van der Waals surface area contributed by atoms with E-state index < -0.39 is 0 Å². The molecule has 0 spiro atoms. The molecule has 1 aliphatic heterocycles. The number of rotatable bonds is 4. The first-order valence-corrected chi connectivity index (χ1v) is 10.0. The Hall–Kier alpha value is -3.22. The second kappa shape index (κ2) is 8.43. The van der Waals surface area contributed by atoms with Gasteiger partial charge in [0.2, 0.25) is 0 Å². The predicted molar refractivity (Wildman–Crippen MR) is 113 cm³/mol. The molecule has 0 aromatic carbocycles. The number of allylic oxidation sites excluding steroid dienone is 1. The van der Waals surface area contributed by atoms with Crippen molar-refractivity contribution in [2.24, 2.45) is 22.8 Å². The molecule has 7 nitrogen and oxygen atoms in total. The highest BCUT2D eigenvalue weighted by Gasteiger charge is 2.39. The second-order valence-corrected chi connectivity index (χ2v) is 7.67. The van der Waals surface area contributed by atoms with Crippen molar-refractivity contribution in [1.29, 1.82) is 0 Å². The zero-order valence-electron chi connectivity index (χ0n) is 16.3. The van der Waals surface area contributed by atoms with E-state index in [0.717, 1.165) is 48.4 Å². The van der Waals surface area contributed by atoms with E-state index in [0.29, 0.717) is 0 Å². The van der Waals surface area contributed by atoms with Gasteiger partial charge >= 0.3 is 6.03 Å². The van der Waals surface area contributed by atoms with Gasteiger partial charge in [-0.1, -0.05) is 18.7 Å². The number of nitrogens with one attached hydrogen (secondary N) is 2. The molecule has 4 unspecified atom stereocenters. The summed E-state index contributed by atoms with van der Waals surface area (Å²) in [5.74, 6) is 6.02. The summed E-state index contributed by atoms with van der Waals surface area (Å²) in [5, 5.41) is 10.3. The first kappa shape index (κ1) is 19.1. The van der Waals surface area contributed by atoms with Crippen LogP contribution >= 0.6 is 0 Å². The summed E-state index contributed by atoms with van der Waals surface area (Å²) in [7, 11) is 0. The standard InChI is InChI=1S/C22H26N6O/c1-14(17-6-2-4-12-24-17)15-8-10-18-19(27-22(29)26-18)11-9-16(15)21(28-23)20-7-3-5-13-25-20/h2-7,12-13,15-16,18-19H,1,8-11,23H2,(H2,26,27,29)/b28-21+. The molecule has 7 heteroatoms. The van der Waals surface area contributed by atoms with Gasteiger partial charge in [0.05, 0.1) is 29.2 Å². The lowest BCUT2D eigenvalue weighted by atomic mass is 9.72. The number of hydrazone groups is 1. The van der Waals surface area contributed by atoms with Crippen LogP contribution in [0.1, 0.15) is 37.1 Å². The molecule has 0 radical (unpaired) electrons. The lowest BCUT2D eigenvalue weighted by Gasteiger charge is -2.34. The maximum Gasteiger partial charge on any atom is 0.315 e. The van der Waals surface area contributed by atoms with Crippen LogP contribution in [-0.2, 0) is 0 Å². The van der Waals surface area contributed by atoms with Crippen molar-refractivity contribution in [1.82, 2.24) is 20.6 Å². The summed E-state index contributed by atoms with van der Waals surface area (Å²) >= 11 is 0. The highest BCUT2D eigenvalue weighted by Crippen LogP contribution is 2.38. The molecule has 29 heavy (non-hydrogen) atoms. The third-order valence-corrected chi connectivity index (χ3v) is 6.04. The van der Waals surface area contributed by atoms with E-state index in [4.69, 9.17) is 5.84 Å². The van der Waals surface area contributed by atoms with Crippen LogP contribution < -0.4 is 16.5 Å².